The molecule has 0 amide bonds. The number of aliphatic imine (C=N–C) groups is 1. The second-order valence-corrected chi connectivity index (χ2v) is 13.0. The van der Waals surface area contributed by atoms with Gasteiger partial charge in [-0.15, -0.1) is 0 Å². The van der Waals surface area contributed by atoms with Gasteiger partial charge in [0.2, 0.25) is 0 Å². The van der Waals surface area contributed by atoms with E-state index in [9.17, 15) is 9.00 Å². The van der Waals surface area contributed by atoms with Gasteiger partial charge in [-0.3, -0.25) is 9.56 Å². The third kappa shape index (κ3) is 6.76. The number of benzene rings is 1. The lowest BCUT2D eigenvalue weighted by Gasteiger charge is -2.32. The van der Waals surface area contributed by atoms with E-state index in [1.807, 2.05) is 28.2 Å². The highest BCUT2D eigenvalue weighted by molar-refractivity contribution is 7.82. The molecule has 0 bridgehead atoms. The predicted molar refractivity (Wildman–Crippen MR) is 166 cm³/mol. The summed E-state index contributed by atoms with van der Waals surface area (Å²) in [6, 6.07) is 6.70. The third-order valence-electron chi connectivity index (χ3n) is 8.57. The SMILES string of the molecule is Cn1cnc(S(=O)N2CCC(c3ccc4c(c3)Nc3nc(=O)n(C5CCC(NCCCN=C(N)N)CC5)cc3O4)CC2)c1. The number of guanidine groups is 1. The van der Waals surface area contributed by atoms with Crippen LogP contribution in [-0.4, -0.2) is 65.8 Å². The standard InChI is InChI=1S/C29H40N10O3S/c1-37-17-26(34-18-37)43(41)38-13-9-19(10-14-38)20-3-8-24-23(15-20)35-27-25(42-24)16-39(29(40)36-27)22-6-4-21(5-7-22)32-11-2-12-33-28(30)31/h3,8,15-19,21-22,32H,2,4-7,9-14H2,1H3,(H4,30,31,33)(H,35,36,40). The van der Waals surface area contributed by atoms with E-state index in [-0.39, 0.29) is 17.7 Å². The lowest BCUT2D eigenvalue weighted by Crippen LogP contribution is -2.37. The number of fused-ring (bicyclic) bond motifs is 2. The Morgan fingerprint density at radius 3 is 2.65 bits per heavy atom. The van der Waals surface area contributed by atoms with Crippen LogP contribution in [0.3, 0.4) is 0 Å². The Bertz CT molecular complexity index is 1550. The molecule has 1 aliphatic carbocycles. The Hall–Kier alpha value is -3.75. The quantitative estimate of drug-likeness (QED) is 0.127. The topological polar surface area (TPSA) is 171 Å². The van der Waals surface area contributed by atoms with E-state index < -0.39 is 11.0 Å². The van der Waals surface area contributed by atoms with E-state index in [2.05, 4.69) is 37.7 Å². The maximum atomic E-state index is 13.1. The second-order valence-electron chi connectivity index (χ2n) is 11.6. The van der Waals surface area contributed by atoms with Gasteiger partial charge in [-0.25, -0.2) is 18.3 Å². The van der Waals surface area contributed by atoms with Crippen LogP contribution in [0.5, 0.6) is 11.5 Å². The van der Waals surface area contributed by atoms with Crippen molar-refractivity contribution in [3.8, 4) is 11.5 Å². The van der Waals surface area contributed by atoms with Crippen molar-refractivity contribution in [2.75, 3.05) is 31.5 Å². The molecule has 13 nitrogen and oxygen atoms in total. The van der Waals surface area contributed by atoms with Crippen LogP contribution < -0.4 is 32.5 Å². The first kappa shape index (κ1) is 29.3. The van der Waals surface area contributed by atoms with Crippen molar-refractivity contribution in [1.82, 2.24) is 28.7 Å². The number of aryl methyl sites for hydroxylation is 1. The number of anilines is 2. The smallest absolute Gasteiger partial charge is 0.350 e. The van der Waals surface area contributed by atoms with E-state index in [1.165, 1.54) is 5.56 Å². The summed E-state index contributed by atoms with van der Waals surface area (Å²) in [5.74, 6) is 2.19. The summed E-state index contributed by atoms with van der Waals surface area (Å²) in [7, 11) is 0.635. The van der Waals surface area contributed by atoms with Gasteiger partial charge in [-0.05, 0) is 75.1 Å². The molecule has 2 aliphatic heterocycles. The molecule has 0 radical (unpaired) electrons. The Balaban J connectivity index is 1.04. The maximum Gasteiger partial charge on any atom is 0.350 e. The zero-order valence-electron chi connectivity index (χ0n) is 24.4. The zero-order chi connectivity index (χ0) is 29.9. The van der Waals surface area contributed by atoms with Crippen molar-refractivity contribution in [2.24, 2.45) is 23.5 Å². The zero-order valence-corrected chi connectivity index (χ0v) is 25.3. The van der Waals surface area contributed by atoms with Crippen molar-refractivity contribution < 1.29 is 8.95 Å². The molecule has 1 aromatic carbocycles. The molecule has 1 saturated carbocycles. The molecule has 1 atom stereocenters. The molecule has 1 unspecified atom stereocenters. The van der Waals surface area contributed by atoms with Gasteiger partial charge in [-0.2, -0.15) is 4.98 Å². The first-order chi connectivity index (χ1) is 20.8. The minimum absolute atomic E-state index is 0.0928. The number of piperidine rings is 1. The normalized spacial score (nSPS) is 21.2. The highest BCUT2D eigenvalue weighted by atomic mass is 32.2. The summed E-state index contributed by atoms with van der Waals surface area (Å²) in [4.78, 5) is 25.7. The van der Waals surface area contributed by atoms with Crippen LogP contribution in [0.2, 0.25) is 0 Å². The highest BCUT2D eigenvalue weighted by Crippen LogP contribution is 2.43. The fraction of sp³-hybridized carbons (Fsp3) is 0.517. The number of hydrogen-bond donors (Lipinski definition) is 4. The molecule has 2 fully saturated rings. The average Bonchev–Trinajstić information content (AvgIpc) is 3.45. The fourth-order valence-electron chi connectivity index (χ4n) is 6.23. The minimum atomic E-state index is -1.24. The molecule has 4 heterocycles. The first-order valence-electron chi connectivity index (χ1n) is 15.0. The third-order valence-corrected chi connectivity index (χ3v) is 9.97. The van der Waals surface area contributed by atoms with Crippen molar-refractivity contribution >= 4 is 28.5 Å². The number of nitrogens with zero attached hydrogens (tertiary/aromatic N) is 6. The summed E-state index contributed by atoms with van der Waals surface area (Å²) < 4.78 is 24.7. The minimum Gasteiger partial charge on any atom is -0.450 e. The van der Waals surface area contributed by atoms with E-state index in [0.29, 0.717) is 40.8 Å². The number of rotatable bonds is 9. The molecular weight excluding hydrogens is 568 g/mol. The highest BCUT2D eigenvalue weighted by Gasteiger charge is 2.29. The van der Waals surface area contributed by atoms with Gasteiger partial charge in [0.1, 0.15) is 11.0 Å². The molecule has 3 aromatic rings. The number of nitrogens with one attached hydrogen (secondary N) is 2. The van der Waals surface area contributed by atoms with Crippen molar-refractivity contribution in [3.63, 3.8) is 0 Å². The summed E-state index contributed by atoms with van der Waals surface area (Å²) >= 11 is 0. The molecule has 230 valence electrons. The first-order valence-corrected chi connectivity index (χ1v) is 16.1. The lowest BCUT2D eigenvalue weighted by molar-refractivity contribution is 0.283. The Kier molecular flexibility index (Phi) is 8.77. The second kappa shape index (κ2) is 12.9. The van der Waals surface area contributed by atoms with Crippen LogP contribution in [0.15, 0.2) is 51.7 Å². The van der Waals surface area contributed by atoms with E-state index >= 15 is 0 Å². The van der Waals surface area contributed by atoms with Crippen LogP contribution in [-0.2, 0) is 18.0 Å². The Labute approximate surface area is 253 Å². The largest absolute Gasteiger partial charge is 0.450 e. The number of imidazole rings is 1. The van der Waals surface area contributed by atoms with E-state index in [1.54, 1.807) is 17.1 Å². The van der Waals surface area contributed by atoms with Crippen molar-refractivity contribution in [3.05, 3.63) is 53.0 Å². The lowest BCUT2D eigenvalue weighted by atomic mass is 9.90. The van der Waals surface area contributed by atoms with Crippen molar-refractivity contribution in [2.45, 2.75) is 68.0 Å². The van der Waals surface area contributed by atoms with Crippen molar-refractivity contribution in [1.29, 1.82) is 0 Å². The Morgan fingerprint density at radius 2 is 1.93 bits per heavy atom. The maximum absolute atomic E-state index is 13.1. The molecule has 1 saturated heterocycles. The van der Waals surface area contributed by atoms with Gasteiger partial charge in [0, 0.05) is 45.0 Å². The summed E-state index contributed by atoms with van der Waals surface area (Å²) in [5, 5.41) is 7.51. The molecular formula is C29H40N10O3S. The van der Waals surface area contributed by atoms with E-state index in [0.717, 1.165) is 70.3 Å². The molecule has 0 spiro atoms. The van der Waals surface area contributed by atoms with Gasteiger partial charge < -0.3 is 31.4 Å². The molecule has 14 heteroatoms. The van der Waals surface area contributed by atoms with Crippen LogP contribution in [0, 0.1) is 0 Å². The van der Waals surface area contributed by atoms with Crippen LogP contribution >= 0.6 is 0 Å². The molecule has 43 heavy (non-hydrogen) atoms. The van der Waals surface area contributed by atoms with E-state index in [4.69, 9.17) is 16.2 Å². The summed E-state index contributed by atoms with van der Waals surface area (Å²) in [6.45, 7) is 2.95. The van der Waals surface area contributed by atoms with Gasteiger partial charge in [0.15, 0.2) is 28.3 Å². The molecule has 6 rings (SSSR count). The number of hydrogen-bond acceptors (Lipinski definition) is 8. The van der Waals surface area contributed by atoms with Crippen LogP contribution in [0.4, 0.5) is 11.5 Å². The monoisotopic (exact) mass is 608 g/mol. The molecule has 3 aliphatic rings. The molecule has 6 N–H and O–H groups in total. The Morgan fingerprint density at radius 1 is 1.14 bits per heavy atom. The summed E-state index contributed by atoms with van der Waals surface area (Å²) in [6.07, 6.45) is 11.7. The van der Waals surface area contributed by atoms with Gasteiger partial charge >= 0.3 is 5.69 Å². The molecule has 2 aromatic heterocycles. The predicted octanol–water partition coefficient (Wildman–Crippen LogP) is 2.47. The average molecular weight is 609 g/mol. The van der Waals surface area contributed by atoms with Gasteiger partial charge in [0.25, 0.3) is 0 Å². The fourth-order valence-corrected chi connectivity index (χ4v) is 7.43. The number of aromatic nitrogens is 4. The number of nitrogens with two attached hydrogens (primary N) is 2. The van der Waals surface area contributed by atoms with Gasteiger partial charge in [-0.1, -0.05) is 6.07 Å². The van der Waals surface area contributed by atoms with Gasteiger partial charge in [0.05, 0.1) is 18.2 Å². The van der Waals surface area contributed by atoms with Crippen LogP contribution in [0.1, 0.15) is 62.5 Å². The van der Waals surface area contributed by atoms with Crippen LogP contribution in [0.25, 0.3) is 0 Å². The summed E-state index contributed by atoms with van der Waals surface area (Å²) in [5.41, 5.74) is 12.5. The number of ether oxygens (including phenoxy) is 1.